The van der Waals surface area contributed by atoms with Gasteiger partial charge in [-0.25, -0.2) is 14.4 Å². The molecule has 1 saturated heterocycles. The molecule has 0 spiro atoms. The molecule has 1 fully saturated rings. The monoisotopic (exact) mass is 195 g/mol. The van der Waals surface area contributed by atoms with E-state index in [0.717, 1.165) is 25.8 Å². The Hall–Kier alpha value is -1.03. The van der Waals surface area contributed by atoms with Gasteiger partial charge in [0.25, 0.3) is 0 Å². The summed E-state index contributed by atoms with van der Waals surface area (Å²) in [7, 11) is 0. The van der Waals surface area contributed by atoms with E-state index < -0.39 is 6.17 Å². The molecule has 0 radical (unpaired) electrons. The number of nitrogens with zero attached hydrogens (tertiary/aromatic N) is 2. The van der Waals surface area contributed by atoms with Crippen LogP contribution in [0.25, 0.3) is 0 Å². The van der Waals surface area contributed by atoms with E-state index in [1.807, 2.05) is 0 Å². The highest BCUT2D eigenvalue weighted by Crippen LogP contribution is 2.25. The van der Waals surface area contributed by atoms with Gasteiger partial charge in [-0.15, -0.1) is 0 Å². The third-order valence-corrected chi connectivity index (χ3v) is 2.60. The van der Waals surface area contributed by atoms with Crippen LogP contribution in [-0.2, 0) is 0 Å². The van der Waals surface area contributed by atoms with Gasteiger partial charge in [0, 0.05) is 24.0 Å². The second-order valence-corrected chi connectivity index (χ2v) is 3.63. The average molecular weight is 195 g/mol. The van der Waals surface area contributed by atoms with Crippen molar-refractivity contribution in [3.63, 3.8) is 0 Å². The molecular weight excluding hydrogens is 181 g/mol. The van der Waals surface area contributed by atoms with Crippen molar-refractivity contribution in [2.24, 2.45) is 0 Å². The molecular formula is C10H14FN3. The van der Waals surface area contributed by atoms with Crippen LogP contribution < -0.4 is 5.32 Å². The number of rotatable bonds is 2. The van der Waals surface area contributed by atoms with Crippen molar-refractivity contribution in [2.45, 2.75) is 31.5 Å². The summed E-state index contributed by atoms with van der Waals surface area (Å²) in [5, 5.41) is 3.19. The first kappa shape index (κ1) is 9.52. The Morgan fingerprint density at radius 2 is 2.14 bits per heavy atom. The molecule has 0 saturated carbocycles. The van der Waals surface area contributed by atoms with Crippen molar-refractivity contribution in [2.75, 3.05) is 6.54 Å². The quantitative estimate of drug-likeness (QED) is 0.779. The molecule has 76 valence electrons. The van der Waals surface area contributed by atoms with E-state index in [1.54, 1.807) is 12.4 Å². The number of hydrogen-bond donors (Lipinski definition) is 1. The maximum Gasteiger partial charge on any atom is 0.143 e. The molecule has 2 rings (SSSR count). The van der Waals surface area contributed by atoms with E-state index in [2.05, 4.69) is 15.3 Å². The van der Waals surface area contributed by atoms with Crippen LogP contribution in [0.1, 0.15) is 31.0 Å². The van der Waals surface area contributed by atoms with Crippen LogP contribution in [0.3, 0.4) is 0 Å². The Morgan fingerprint density at radius 3 is 2.79 bits per heavy atom. The van der Waals surface area contributed by atoms with E-state index in [9.17, 15) is 4.39 Å². The number of nitrogens with one attached hydrogen (secondary N) is 1. The molecule has 2 heterocycles. The molecule has 14 heavy (non-hydrogen) atoms. The maximum atomic E-state index is 13.9. The molecule has 0 amide bonds. The van der Waals surface area contributed by atoms with Crippen molar-refractivity contribution in [1.82, 2.24) is 15.3 Å². The molecule has 2 unspecified atom stereocenters. The third-order valence-electron chi connectivity index (χ3n) is 2.60. The van der Waals surface area contributed by atoms with Gasteiger partial charge in [0.1, 0.15) is 12.5 Å². The summed E-state index contributed by atoms with van der Waals surface area (Å²) in [5.74, 6) is 0. The summed E-state index contributed by atoms with van der Waals surface area (Å²) in [6.45, 7) is 0.915. The zero-order chi connectivity index (χ0) is 9.80. The molecule has 1 aliphatic rings. The summed E-state index contributed by atoms with van der Waals surface area (Å²) in [5.41, 5.74) is 0.576. The average Bonchev–Trinajstić information content (AvgIpc) is 2.30. The van der Waals surface area contributed by atoms with Crippen LogP contribution in [0.4, 0.5) is 4.39 Å². The van der Waals surface area contributed by atoms with Crippen LogP contribution in [0.2, 0.25) is 0 Å². The lowest BCUT2D eigenvalue weighted by Gasteiger charge is -2.26. The van der Waals surface area contributed by atoms with Gasteiger partial charge >= 0.3 is 0 Å². The van der Waals surface area contributed by atoms with Crippen molar-refractivity contribution in [3.05, 3.63) is 24.3 Å². The molecule has 0 aromatic carbocycles. The SMILES string of the molecule is FC(c1cncnc1)C1CCCCN1. The van der Waals surface area contributed by atoms with Crippen LogP contribution in [0.5, 0.6) is 0 Å². The van der Waals surface area contributed by atoms with Crippen molar-refractivity contribution < 1.29 is 4.39 Å². The third kappa shape index (κ3) is 2.07. The Bertz CT molecular complexity index is 272. The number of piperidine rings is 1. The molecule has 1 N–H and O–H groups in total. The largest absolute Gasteiger partial charge is 0.311 e. The number of alkyl halides is 1. The molecule has 1 aliphatic heterocycles. The fourth-order valence-corrected chi connectivity index (χ4v) is 1.81. The number of hydrogen-bond acceptors (Lipinski definition) is 3. The van der Waals surface area contributed by atoms with Crippen LogP contribution in [0, 0.1) is 0 Å². The molecule has 1 aromatic heterocycles. The Kier molecular flexibility index (Phi) is 3.03. The number of aromatic nitrogens is 2. The predicted molar refractivity (Wildman–Crippen MR) is 51.5 cm³/mol. The Morgan fingerprint density at radius 1 is 1.36 bits per heavy atom. The lowest BCUT2D eigenvalue weighted by molar-refractivity contribution is 0.220. The summed E-state index contributed by atoms with van der Waals surface area (Å²) < 4.78 is 13.9. The molecule has 1 aromatic rings. The van der Waals surface area contributed by atoms with Crippen LogP contribution in [-0.4, -0.2) is 22.6 Å². The van der Waals surface area contributed by atoms with Gasteiger partial charge in [-0.3, -0.25) is 0 Å². The molecule has 0 bridgehead atoms. The summed E-state index contributed by atoms with van der Waals surface area (Å²) in [6.07, 6.45) is 6.69. The fourth-order valence-electron chi connectivity index (χ4n) is 1.81. The highest BCUT2D eigenvalue weighted by molar-refractivity contribution is 5.09. The van der Waals surface area contributed by atoms with E-state index in [0.29, 0.717) is 5.56 Å². The standard InChI is InChI=1S/C10H14FN3/c11-10(8-5-12-7-13-6-8)9-3-1-2-4-14-9/h5-7,9-10,14H,1-4H2. The van der Waals surface area contributed by atoms with Crippen molar-refractivity contribution in [1.29, 1.82) is 0 Å². The number of halogens is 1. The minimum atomic E-state index is -0.975. The Balaban J connectivity index is 2.03. The zero-order valence-corrected chi connectivity index (χ0v) is 7.99. The molecule has 2 atom stereocenters. The van der Waals surface area contributed by atoms with Crippen molar-refractivity contribution >= 4 is 0 Å². The van der Waals surface area contributed by atoms with Gasteiger partial charge < -0.3 is 5.32 Å². The van der Waals surface area contributed by atoms with Gasteiger partial charge in [0.05, 0.1) is 0 Å². The van der Waals surface area contributed by atoms with Crippen molar-refractivity contribution in [3.8, 4) is 0 Å². The minimum absolute atomic E-state index is 0.0604. The predicted octanol–water partition coefficient (Wildman–Crippen LogP) is 1.63. The molecule has 0 aliphatic carbocycles. The highest BCUT2D eigenvalue weighted by atomic mass is 19.1. The van der Waals surface area contributed by atoms with Gasteiger partial charge in [-0.1, -0.05) is 6.42 Å². The minimum Gasteiger partial charge on any atom is -0.311 e. The zero-order valence-electron chi connectivity index (χ0n) is 7.99. The maximum absolute atomic E-state index is 13.9. The van der Waals surface area contributed by atoms with Gasteiger partial charge in [-0.2, -0.15) is 0 Å². The second kappa shape index (κ2) is 4.46. The normalized spacial score (nSPS) is 24.5. The lowest BCUT2D eigenvalue weighted by Crippen LogP contribution is -2.37. The first-order valence-electron chi connectivity index (χ1n) is 5.00. The summed E-state index contributed by atoms with van der Waals surface area (Å²) >= 11 is 0. The van der Waals surface area contributed by atoms with E-state index in [1.165, 1.54) is 6.33 Å². The van der Waals surface area contributed by atoms with Gasteiger partial charge in [-0.05, 0) is 19.4 Å². The van der Waals surface area contributed by atoms with Gasteiger partial charge in [0.15, 0.2) is 0 Å². The summed E-state index contributed by atoms with van der Waals surface area (Å²) in [6, 6.07) is -0.0604. The molecule has 4 heteroatoms. The van der Waals surface area contributed by atoms with Crippen LogP contribution in [0.15, 0.2) is 18.7 Å². The summed E-state index contributed by atoms with van der Waals surface area (Å²) in [4.78, 5) is 7.64. The highest BCUT2D eigenvalue weighted by Gasteiger charge is 2.24. The first-order chi connectivity index (χ1) is 6.88. The van der Waals surface area contributed by atoms with Crippen LogP contribution >= 0.6 is 0 Å². The van der Waals surface area contributed by atoms with E-state index in [4.69, 9.17) is 0 Å². The lowest BCUT2D eigenvalue weighted by atomic mass is 9.97. The van der Waals surface area contributed by atoms with E-state index >= 15 is 0 Å². The first-order valence-corrected chi connectivity index (χ1v) is 5.00. The topological polar surface area (TPSA) is 37.8 Å². The van der Waals surface area contributed by atoms with Gasteiger partial charge in [0.2, 0.25) is 0 Å². The Labute approximate surface area is 82.8 Å². The second-order valence-electron chi connectivity index (χ2n) is 3.63. The fraction of sp³-hybridized carbons (Fsp3) is 0.600. The smallest absolute Gasteiger partial charge is 0.143 e. The molecule has 3 nitrogen and oxygen atoms in total. The van der Waals surface area contributed by atoms with E-state index in [-0.39, 0.29) is 6.04 Å².